The molecular weight excluding hydrogens is 721 g/mol. The summed E-state index contributed by atoms with van der Waals surface area (Å²) in [4.78, 5) is 9.92. The minimum Gasteiger partial charge on any atom is -0.296 e. The summed E-state index contributed by atoms with van der Waals surface area (Å²) in [5.41, 5.74) is 15.0. The first-order valence-electron chi connectivity index (χ1n) is 20.9. The number of fused-ring (bicyclic) bond motifs is 3. The minimum absolute atomic E-state index is 0.00459. The van der Waals surface area contributed by atoms with Gasteiger partial charge < -0.3 is 0 Å². The van der Waals surface area contributed by atoms with Crippen LogP contribution in [0.4, 0.5) is 0 Å². The van der Waals surface area contributed by atoms with Crippen LogP contribution in [0.3, 0.4) is 0 Å². The lowest BCUT2D eigenvalue weighted by Crippen LogP contribution is -2.45. The molecule has 0 saturated carbocycles. The van der Waals surface area contributed by atoms with Crippen LogP contribution in [0.25, 0.3) is 94.0 Å². The second-order valence-electron chi connectivity index (χ2n) is 17.4. The summed E-state index contributed by atoms with van der Waals surface area (Å²) in [6.07, 6.45) is 1.86. The quantitative estimate of drug-likeness (QED) is 0.115. The summed E-state index contributed by atoms with van der Waals surface area (Å²) in [7, 11) is 11.5. The Morgan fingerprint density at radius 2 is 0.933 bits per heavy atom. The van der Waals surface area contributed by atoms with Crippen molar-refractivity contribution in [1.82, 2.24) is 14.5 Å². The van der Waals surface area contributed by atoms with Gasteiger partial charge in [-0.15, -0.1) is 5.11 Å². The van der Waals surface area contributed by atoms with E-state index in [0.29, 0.717) is 0 Å². The SMILES string of the molecule is BC(B)(B)C(B)(B)c1nc2ccccc2n1-c1ccccc1-c1ccc(-c2ccc(-c3c4ccccc4c(-c4cccc(-c5ccccn5)c4)c4ccccc34)cc2)cc1. The fraction of sp³-hybridized carbons (Fsp3) is 0.0385. The van der Waals surface area contributed by atoms with Crippen LogP contribution in [-0.4, -0.2) is 53.8 Å². The largest absolute Gasteiger partial charge is 0.296 e. The first-order chi connectivity index (χ1) is 29.2. The molecule has 60 heavy (non-hydrogen) atoms. The van der Waals surface area contributed by atoms with E-state index in [9.17, 15) is 0 Å². The number of para-hydroxylation sites is 3. The molecule has 10 rings (SSSR count). The summed E-state index contributed by atoms with van der Waals surface area (Å²) in [6, 6.07) is 68.0. The zero-order valence-corrected chi connectivity index (χ0v) is 34.8. The van der Waals surface area contributed by atoms with Crippen molar-refractivity contribution in [2.75, 3.05) is 0 Å². The highest BCUT2D eigenvalue weighted by atomic mass is 15.1. The number of aromatic nitrogens is 3. The van der Waals surface area contributed by atoms with E-state index in [1.807, 2.05) is 18.3 Å². The average molecular weight is 763 g/mol. The van der Waals surface area contributed by atoms with Crippen LogP contribution in [0.2, 0.25) is 5.11 Å². The van der Waals surface area contributed by atoms with Crippen molar-refractivity contribution in [2.24, 2.45) is 0 Å². The summed E-state index contributed by atoms with van der Waals surface area (Å²) in [6.45, 7) is 0. The normalized spacial score (nSPS) is 12.0. The van der Waals surface area contributed by atoms with E-state index in [0.717, 1.165) is 33.8 Å². The highest BCUT2D eigenvalue weighted by Gasteiger charge is 2.38. The van der Waals surface area contributed by atoms with Crippen molar-refractivity contribution in [3.8, 4) is 61.5 Å². The van der Waals surface area contributed by atoms with Crippen molar-refractivity contribution in [3.63, 3.8) is 0 Å². The topological polar surface area (TPSA) is 30.7 Å². The Kier molecular flexibility index (Phi) is 9.25. The van der Waals surface area contributed by atoms with Gasteiger partial charge >= 0.3 is 0 Å². The van der Waals surface area contributed by atoms with Gasteiger partial charge in [0.05, 0.1) is 46.0 Å². The zero-order chi connectivity index (χ0) is 41.0. The van der Waals surface area contributed by atoms with Crippen LogP contribution in [0.1, 0.15) is 5.82 Å². The Morgan fingerprint density at radius 1 is 0.417 bits per heavy atom. The van der Waals surface area contributed by atoms with Crippen LogP contribution in [0.5, 0.6) is 0 Å². The Labute approximate surface area is 356 Å². The molecule has 0 aliphatic heterocycles. The van der Waals surface area contributed by atoms with E-state index in [1.165, 1.54) is 66.1 Å². The number of pyridine rings is 1. The molecule has 0 aliphatic rings. The molecule has 2 aromatic heterocycles. The van der Waals surface area contributed by atoms with E-state index < -0.39 is 0 Å². The third-order valence-electron chi connectivity index (χ3n) is 12.9. The average Bonchev–Trinajstić information content (AvgIpc) is 3.69. The lowest BCUT2D eigenvalue weighted by Gasteiger charge is -2.39. The van der Waals surface area contributed by atoms with Gasteiger partial charge in [-0.2, -0.15) is 0 Å². The standard InChI is InChI=1S/C52H42B5N3/c53-51(54,52(55,56)57)50-59-45-20-6-8-22-47(45)60(50)46-21-7-5-14-39(46)35-27-23-33(24-28-35)34-25-29-36(30-26-34)48-40-15-1-3-17-42(40)49(43-18-4-2-16-41(43)48)38-13-11-12-37(32-38)44-19-9-10-31-58-44/h1-32H,53-57H2. The number of hydrogen-bond donors (Lipinski definition) is 0. The van der Waals surface area contributed by atoms with Crippen molar-refractivity contribution in [1.29, 1.82) is 0 Å². The van der Waals surface area contributed by atoms with Crippen LogP contribution >= 0.6 is 0 Å². The fourth-order valence-corrected chi connectivity index (χ4v) is 8.73. The van der Waals surface area contributed by atoms with Gasteiger partial charge in [-0.25, -0.2) is 4.98 Å². The van der Waals surface area contributed by atoms with Gasteiger partial charge in [0.1, 0.15) is 21.5 Å². The predicted molar refractivity (Wildman–Crippen MR) is 268 cm³/mol. The zero-order valence-electron chi connectivity index (χ0n) is 34.8. The molecule has 0 aliphatic carbocycles. The van der Waals surface area contributed by atoms with Gasteiger partial charge in [0.2, 0.25) is 0 Å². The van der Waals surface area contributed by atoms with Gasteiger partial charge in [0.25, 0.3) is 0 Å². The van der Waals surface area contributed by atoms with Crippen LogP contribution < -0.4 is 0 Å². The maximum Gasteiger partial charge on any atom is 0.106 e. The molecule has 0 N–H and O–H groups in total. The van der Waals surface area contributed by atoms with Crippen molar-refractivity contribution in [3.05, 3.63) is 200 Å². The van der Waals surface area contributed by atoms with Gasteiger partial charge in [0, 0.05) is 17.3 Å². The van der Waals surface area contributed by atoms with Gasteiger partial charge in [0.15, 0.2) is 0 Å². The molecule has 3 nitrogen and oxygen atoms in total. The predicted octanol–water partition coefficient (Wildman–Crippen LogP) is 8.45. The molecule has 0 spiro atoms. The van der Waals surface area contributed by atoms with Gasteiger partial charge in [-0.05, 0) is 102 Å². The summed E-state index contributed by atoms with van der Waals surface area (Å²) in [5.74, 6) is 1.07. The van der Waals surface area contributed by atoms with E-state index in [1.54, 1.807) is 0 Å². The molecule has 0 saturated heterocycles. The lowest BCUT2D eigenvalue weighted by molar-refractivity contribution is 0.757. The van der Waals surface area contributed by atoms with Gasteiger partial charge in [-0.3, -0.25) is 9.55 Å². The first-order valence-corrected chi connectivity index (χ1v) is 20.9. The third-order valence-corrected chi connectivity index (χ3v) is 12.9. The van der Waals surface area contributed by atoms with Crippen LogP contribution in [0.15, 0.2) is 194 Å². The number of benzene rings is 8. The van der Waals surface area contributed by atoms with Crippen molar-refractivity contribution >= 4 is 71.8 Å². The summed E-state index contributed by atoms with van der Waals surface area (Å²) >= 11 is 0. The molecule has 2 heterocycles. The molecule has 10 aromatic rings. The van der Waals surface area contributed by atoms with E-state index in [2.05, 4.69) is 225 Å². The molecule has 280 valence electrons. The second-order valence-corrected chi connectivity index (χ2v) is 17.4. The molecule has 0 fully saturated rings. The summed E-state index contributed by atoms with van der Waals surface area (Å²) < 4.78 is 2.39. The highest BCUT2D eigenvalue weighted by molar-refractivity contribution is 6.67. The monoisotopic (exact) mass is 763 g/mol. The number of imidazole rings is 1. The Morgan fingerprint density at radius 3 is 1.55 bits per heavy atom. The first kappa shape index (κ1) is 37.5. The Bertz CT molecular complexity index is 3150. The van der Waals surface area contributed by atoms with Crippen LogP contribution in [-0.2, 0) is 5.21 Å². The molecule has 0 radical (unpaired) electrons. The minimum atomic E-state index is -0.192. The maximum atomic E-state index is 5.27. The van der Waals surface area contributed by atoms with E-state index in [-0.39, 0.29) is 10.3 Å². The van der Waals surface area contributed by atoms with E-state index in [4.69, 9.17) is 4.98 Å². The number of rotatable bonds is 8. The smallest absolute Gasteiger partial charge is 0.106 e. The maximum absolute atomic E-state index is 5.27. The Balaban J connectivity index is 1.02. The van der Waals surface area contributed by atoms with Crippen LogP contribution in [0, 0.1) is 0 Å². The Hall–Kier alpha value is -6.78. The highest BCUT2D eigenvalue weighted by Crippen LogP contribution is 2.45. The summed E-state index contributed by atoms with van der Waals surface area (Å²) in [5, 5.41) is 4.76. The van der Waals surface area contributed by atoms with Crippen molar-refractivity contribution < 1.29 is 0 Å². The molecule has 0 bridgehead atoms. The molecule has 0 atom stereocenters. The van der Waals surface area contributed by atoms with Gasteiger partial charge in [-0.1, -0.05) is 152 Å². The molecular formula is C52H42B5N3. The lowest BCUT2D eigenvalue weighted by atomic mass is 9.23. The molecule has 8 aromatic carbocycles. The second kappa shape index (κ2) is 14.8. The number of hydrogen-bond acceptors (Lipinski definition) is 2. The van der Waals surface area contributed by atoms with Crippen molar-refractivity contribution in [2.45, 2.75) is 10.3 Å². The molecule has 8 heteroatoms. The molecule has 0 amide bonds. The molecule has 0 unspecified atom stereocenters. The van der Waals surface area contributed by atoms with E-state index >= 15 is 0 Å². The number of nitrogens with zero attached hydrogens (tertiary/aromatic N) is 3. The fourth-order valence-electron chi connectivity index (χ4n) is 8.73. The third kappa shape index (κ3) is 6.39.